The largest absolute Gasteiger partial charge is 0.497 e. The van der Waals surface area contributed by atoms with Crippen LogP contribution in [0.5, 0.6) is 5.75 Å². The van der Waals surface area contributed by atoms with Crippen molar-refractivity contribution < 1.29 is 4.74 Å². The SMILES string of the molecule is COc1ccc2c(c1)C(N)N(Cc1ccccc1)C(N)N2Cc1ccccc1. The molecule has 1 aliphatic heterocycles. The molecule has 0 spiro atoms. The van der Waals surface area contributed by atoms with Crippen molar-refractivity contribution in [2.45, 2.75) is 25.5 Å². The number of ether oxygens (including phenoxy) is 1. The number of benzene rings is 3. The molecular weight excluding hydrogens is 348 g/mol. The molecule has 144 valence electrons. The number of anilines is 1. The third kappa shape index (κ3) is 3.60. The molecule has 0 saturated carbocycles. The molecule has 2 atom stereocenters. The Balaban J connectivity index is 1.73. The first-order valence-corrected chi connectivity index (χ1v) is 9.46. The first-order chi connectivity index (χ1) is 13.7. The highest BCUT2D eigenvalue weighted by molar-refractivity contribution is 5.60. The molecule has 1 heterocycles. The van der Waals surface area contributed by atoms with E-state index in [4.69, 9.17) is 16.2 Å². The van der Waals surface area contributed by atoms with E-state index in [1.807, 2.05) is 48.5 Å². The molecule has 0 amide bonds. The third-order valence-corrected chi connectivity index (χ3v) is 5.28. The number of methoxy groups -OCH3 is 1. The highest BCUT2D eigenvalue weighted by Gasteiger charge is 2.35. The van der Waals surface area contributed by atoms with Gasteiger partial charge in [-0.05, 0) is 29.3 Å². The van der Waals surface area contributed by atoms with Crippen LogP contribution in [0.1, 0.15) is 22.9 Å². The summed E-state index contributed by atoms with van der Waals surface area (Å²) in [5, 5.41) is 0. The second-order valence-electron chi connectivity index (χ2n) is 7.05. The first kappa shape index (κ1) is 18.5. The molecule has 3 aromatic rings. The number of fused-ring (bicyclic) bond motifs is 1. The second kappa shape index (κ2) is 8.02. The van der Waals surface area contributed by atoms with E-state index < -0.39 is 0 Å². The van der Waals surface area contributed by atoms with Crippen molar-refractivity contribution in [2.75, 3.05) is 12.0 Å². The zero-order valence-electron chi connectivity index (χ0n) is 16.0. The van der Waals surface area contributed by atoms with Gasteiger partial charge in [-0.2, -0.15) is 0 Å². The topological polar surface area (TPSA) is 67.8 Å². The molecule has 0 aromatic heterocycles. The van der Waals surface area contributed by atoms with Crippen molar-refractivity contribution in [3.63, 3.8) is 0 Å². The molecule has 3 aromatic carbocycles. The molecule has 0 aliphatic carbocycles. The Kier molecular flexibility index (Phi) is 5.30. The van der Waals surface area contributed by atoms with Gasteiger partial charge in [0.05, 0.1) is 13.3 Å². The predicted octanol–water partition coefficient (Wildman–Crippen LogP) is 3.42. The summed E-state index contributed by atoms with van der Waals surface area (Å²) in [6.07, 6.45) is -0.649. The molecule has 0 fully saturated rings. The van der Waals surface area contributed by atoms with Crippen LogP contribution in [0.25, 0.3) is 0 Å². The minimum atomic E-state index is -0.337. The van der Waals surface area contributed by atoms with E-state index in [1.54, 1.807) is 7.11 Å². The third-order valence-electron chi connectivity index (χ3n) is 5.28. The van der Waals surface area contributed by atoms with E-state index in [-0.39, 0.29) is 12.5 Å². The van der Waals surface area contributed by atoms with Crippen LogP contribution in [-0.2, 0) is 13.1 Å². The fourth-order valence-electron chi connectivity index (χ4n) is 3.77. The van der Waals surface area contributed by atoms with Gasteiger partial charge in [0.25, 0.3) is 0 Å². The Hall–Kier alpha value is -2.86. The Morgan fingerprint density at radius 2 is 1.43 bits per heavy atom. The molecule has 4 N–H and O–H groups in total. The minimum Gasteiger partial charge on any atom is -0.497 e. The number of nitrogens with zero attached hydrogens (tertiary/aromatic N) is 2. The minimum absolute atomic E-state index is 0.313. The van der Waals surface area contributed by atoms with Crippen LogP contribution in [0, 0.1) is 0 Å². The van der Waals surface area contributed by atoms with Gasteiger partial charge < -0.3 is 15.4 Å². The maximum atomic E-state index is 6.74. The van der Waals surface area contributed by atoms with Crippen LogP contribution in [0.15, 0.2) is 78.9 Å². The highest BCUT2D eigenvalue weighted by atomic mass is 16.5. The lowest BCUT2D eigenvalue weighted by Crippen LogP contribution is -2.59. The zero-order chi connectivity index (χ0) is 19.5. The zero-order valence-corrected chi connectivity index (χ0v) is 16.0. The van der Waals surface area contributed by atoms with E-state index in [2.05, 4.69) is 40.1 Å². The standard InChI is InChI=1S/C23H26N4O/c1-28-19-12-13-21-20(14-19)22(24)27(16-18-10-6-3-7-11-18)23(25)26(21)15-17-8-4-2-5-9-17/h2-14,22-23H,15-16,24-25H2,1H3. The van der Waals surface area contributed by atoms with E-state index in [1.165, 1.54) is 11.1 Å². The molecule has 0 saturated heterocycles. The van der Waals surface area contributed by atoms with Crippen molar-refractivity contribution >= 4 is 5.69 Å². The summed E-state index contributed by atoms with van der Waals surface area (Å²) in [5.41, 5.74) is 17.9. The van der Waals surface area contributed by atoms with Crippen molar-refractivity contribution in [2.24, 2.45) is 11.5 Å². The van der Waals surface area contributed by atoms with E-state index in [9.17, 15) is 0 Å². The smallest absolute Gasteiger partial charge is 0.136 e. The van der Waals surface area contributed by atoms with Gasteiger partial charge in [0.15, 0.2) is 0 Å². The van der Waals surface area contributed by atoms with E-state index in [0.717, 1.165) is 17.0 Å². The average molecular weight is 374 g/mol. The Bertz CT molecular complexity index is 916. The maximum Gasteiger partial charge on any atom is 0.136 e. The molecule has 5 nitrogen and oxygen atoms in total. The number of nitrogens with two attached hydrogens (primary N) is 2. The summed E-state index contributed by atoms with van der Waals surface area (Å²) in [4.78, 5) is 4.33. The molecule has 28 heavy (non-hydrogen) atoms. The van der Waals surface area contributed by atoms with Crippen molar-refractivity contribution in [1.29, 1.82) is 0 Å². The highest BCUT2D eigenvalue weighted by Crippen LogP contribution is 2.38. The predicted molar refractivity (Wildman–Crippen MR) is 113 cm³/mol. The number of hydrogen-bond acceptors (Lipinski definition) is 5. The summed E-state index contributed by atoms with van der Waals surface area (Å²) in [5.74, 6) is 0.795. The second-order valence-corrected chi connectivity index (χ2v) is 7.05. The van der Waals surface area contributed by atoms with Gasteiger partial charge >= 0.3 is 0 Å². The number of rotatable bonds is 5. The van der Waals surface area contributed by atoms with Gasteiger partial charge in [0.2, 0.25) is 0 Å². The quantitative estimate of drug-likeness (QED) is 0.716. The van der Waals surface area contributed by atoms with Crippen molar-refractivity contribution in [3.8, 4) is 5.75 Å². The molecule has 4 rings (SSSR count). The molecule has 0 radical (unpaired) electrons. The van der Waals surface area contributed by atoms with Gasteiger partial charge in [-0.3, -0.25) is 5.73 Å². The summed E-state index contributed by atoms with van der Waals surface area (Å²) in [7, 11) is 1.67. The van der Waals surface area contributed by atoms with Crippen LogP contribution in [0.4, 0.5) is 5.69 Å². The van der Waals surface area contributed by atoms with Gasteiger partial charge in [0.1, 0.15) is 12.0 Å². The average Bonchev–Trinajstić information content (AvgIpc) is 2.75. The fraction of sp³-hybridized carbons (Fsp3) is 0.217. The molecule has 5 heteroatoms. The van der Waals surface area contributed by atoms with E-state index in [0.29, 0.717) is 13.1 Å². The van der Waals surface area contributed by atoms with Gasteiger partial charge in [0, 0.05) is 24.3 Å². The van der Waals surface area contributed by atoms with Crippen LogP contribution in [0.3, 0.4) is 0 Å². The molecule has 2 unspecified atom stereocenters. The summed E-state index contributed by atoms with van der Waals surface area (Å²) in [6, 6.07) is 26.7. The lowest BCUT2D eigenvalue weighted by atomic mass is 10.0. The van der Waals surface area contributed by atoms with Gasteiger partial charge in [-0.1, -0.05) is 60.7 Å². The Labute approximate surface area is 166 Å². The fourth-order valence-corrected chi connectivity index (χ4v) is 3.77. The Morgan fingerprint density at radius 1 is 0.821 bits per heavy atom. The van der Waals surface area contributed by atoms with Crippen LogP contribution in [-0.4, -0.2) is 18.3 Å². The number of hydrogen-bond donors (Lipinski definition) is 2. The summed E-state index contributed by atoms with van der Waals surface area (Å²) in [6.45, 7) is 1.38. The van der Waals surface area contributed by atoms with Gasteiger partial charge in [-0.25, -0.2) is 4.90 Å². The molecular formula is C23H26N4O. The maximum absolute atomic E-state index is 6.74. The molecule has 0 bridgehead atoms. The van der Waals surface area contributed by atoms with Crippen molar-refractivity contribution in [1.82, 2.24) is 4.90 Å². The summed E-state index contributed by atoms with van der Waals surface area (Å²) < 4.78 is 5.44. The lowest BCUT2D eigenvalue weighted by Gasteiger charge is -2.47. The van der Waals surface area contributed by atoms with E-state index >= 15 is 0 Å². The van der Waals surface area contributed by atoms with Crippen molar-refractivity contribution in [3.05, 3.63) is 95.6 Å². The first-order valence-electron chi connectivity index (χ1n) is 9.46. The lowest BCUT2D eigenvalue weighted by molar-refractivity contribution is 0.112. The monoisotopic (exact) mass is 374 g/mol. The van der Waals surface area contributed by atoms with Crippen LogP contribution in [0.2, 0.25) is 0 Å². The van der Waals surface area contributed by atoms with Crippen LogP contribution < -0.4 is 21.1 Å². The summed E-state index contributed by atoms with van der Waals surface area (Å²) >= 11 is 0. The van der Waals surface area contributed by atoms with Gasteiger partial charge in [-0.15, -0.1) is 0 Å². The van der Waals surface area contributed by atoms with Crippen LogP contribution >= 0.6 is 0 Å². The normalized spacial score (nSPS) is 19.3. The molecule has 1 aliphatic rings. The Morgan fingerprint density at radius 3 is 2.04 bits per heavy atom.